The highest BCUT2D eigenvalue weighted by molar-refractivity contribution is 4.83. The molecule has 1 aliphatic heterocycles. The first-order valence-electron chi connectivity index (χ1n) is 6.12. The third-order valence-corrected chi connectivity index (χ3v) is 3.58. The Labute approximate surface area is 93.2 Å². The van der Waals surface area contributed by atoms with Gasteiger partial charge in [-0.2, -0.15) is 0 Å². The summed E-state index contributed by atoms with van der Waals surface area (Å²) < 4.78 is 5.34. The Morgan fingerprint density at radius 2 is 2.07 bits per heavy atom. The second-order valence-electron chi connectivity index (χ2n) is 4.91. The summed E-state index contributed by atoms with van der Waals surface area (Å²) >= 11 is 0. The van der Waals surface area contributed by atoms with Gasteiger partial charge in [-0.3, -0.25) is 0 Å². The maximum Gasteiger partial charge on any atom is 0.0501 e. The van der Waals surface area contributed by atoms with E-state index in [1.807, 2.05) is 0 Å². The van der Waals surface area contributed by atoms with Crippen LogP contribution in [-0.4, -0.2) is 38.0 Å². The molecule has 90 valence electrons. The summed E-state index contributed by atoms with van der Waals surface area (Å²) in [5.74, 6) is 0.723. The van der Waals surface area contributed by atoms with Crippen molar-refractivity contribution in [2.45, 2.75) is 33.1 Å². The molecular weight excluding hydrogens is 190 g/mol. The Hall–Kier alpha value is -0.120. The third-order valence-electron chi connectivity index (χ3n) is 3.58. The first kappa shape index (κ1) is 12.9. The van der Waals surface area contributed by atoms with E-state index in [2.05, 4.69) is 19.2 Å². The topological polar surface area (TPSA) is 41.5 Å². The molecule has 0 aromatic carbocycles. The first-order valence-corrected chi connectivity index (χ1v) is 6.12. The van der Waals surface area contributed by atoms with Gasteiger partial charge in [-0.1, -0.05) is 20.3 Å². The monoisotopic (exact) mass is 215 g/mol. The van der Waals surface area contributed by atoms with Gasteiger partial charge in [-0.05, 0) is 25.3 Å². The Kier molecular flexibility index (Phi) is 5.58. The molecule has 3 nitrogen and oxygen atoms in total. The van der Waals surface area contributed by atoms with Gasteiger partial charge in [-0.15, -0.1) is 0 Å². The SMILES string of the molecule is CCC(C)CNCC1(CO)CCOCC1. The highest BCUT2D eigenvalue weighted by Gasteiger charge is 2.31. The molecule has 0 aliphatic carbocycles. The molecule has 1 saturated heterocycles. The van der Waals surface area contributed by atoms with Gasteiger partial charge in [-0.25, -0.2) is 0 Å². The molecule has 1 fully saturated rings. The van der Waals surface area contributed by atoms with Crippen LogP contribution in [-0.2, 0) is 4.74 Å². The van der Waals surface area contributed by atoms with Crippen LogP contribution >= 0.6 is 0 Å². The predicted octanol–water partition coefficient (Wildman–Crippen LogP) is 1.41. The van der Waals surface area contributed by atoms with E-state index in [1.165, 1.54) is 6.42 Å². The lowest BCUT2D eigenvalue weighted by Gasteiger charge is -2.36. The minimum absolute atomic E-state index is 0.0751. The van der Waals surface area contributed by atoms with Gasteiger partial charge in [0, 0.05) is 25.2 Å². The van der Waals surface area contributed by atoms with Crippen molar-refractivity contribution in [1.82, 2.24) is 5.32 Å². The fraction of sp³-hybridized carbons (Fsp3) is 1.00. The largest absolute Gasteiger partial charge is 0.396 e. The van der Waals surface area contributed by atoms with Crippen LogP contribution in [0.5, 0.6) is 0 Å². The Bertz CT molecular complexity index is 167. The molecule has 0 saturated carbocycles. The average Bonchev–Trinajstić information content (AvgIpc) is 2.30. The molecule has 0 amide bonds. The molecule has 0 radical (unpaired) electrons. The van der Waals surface area contributed by atoms with E-state index in [9.17, 15) is 5.11 Å². The van der Waals surface area contributed by atoms with Crippen molar-refractivity contribution in [1.29, 1.82) is 0 Å². The second-order valence-corrected chi connectivity index (χ2v) is 4.91. The molecule has 3 heteroatoms. The molecule has 0 aromatic rings. The summed E-state index contributed by atoms with van der Waals surface area (Å²) in [5, 5.41) is 13.0. The Morgan fingerprint density at radius 1 is 1.40 bits per heavy atom. The van der Waals surface area contributed by atoms with E-state index in [0.717, 1.165) is 45.1 Å². The number of aliphatic hydroxyl groups is 1. The van der Waals surface area contributed by atoms with Crippen LogP contribution in [0.3, 0.4) is 0 Å². The summed E-state index contributed by atoms with van der Waals surface area (Å²) in [7, 11) is 0. The van der Waals surface area contributed by atoms with Gasteiger partial charge in [0.15, 0.2) is 0 Å². The van der Waals surface area contributed by atoms with Gasteiger partial charge >= 0.3 is 0 Å². The van der Waals surface area contributed by atoms with Gasteiger partial charge in [0.25, 0.3) is 0 Å². The normalized spacial score (nSPS) is 22.6. The van der Waals surface area contributed by atoms with Gasteiger partial charge in [0.2, 0.25) is 0 Å². The molecule has 0 bridgehead atoms. The lowest BCUT2D eigenvalue weighted by molar-refractivity contribution is -0.0155. The van der Waals surface area contributed by atoms with Crippen LogP contribution in [0.2, 0.25) is 0 Å². The van der Waals surface area contributed by atoms with Crippen LogP contribution < -0.4 is 5.32 Å². The van der Waals surface area contributed by atoms with E-state index in [1.54, 1.807) is 0 Å². The van der Waals surface area contributed by atoms with Crippen LogP contribution in [0.4, 0.5) is 0 Å². The number of hydrogen-bond acceptors (Lipinski definition) is 3. The van der Waals surface area contributed by atoms with Crippen molar-refractivity contribution >= 4 is 0 Å². The fourth-order valence-corrected chi connectivity index (χ4v) is 1.92. The molecule has 0 spiro atoms. The van der Waals surface area contributed by atoms with Crippen molar-refractivity contribution in [3.8, 4) is 0 Å². The zero-order valence-corrected chi connectivity index (χ0v) is 10.1. The van der Waals surface area contributed by atoms with Gasteiger partial charge in [0.1, 0.15) is 0 Å². The molecule has 15 heavy (non-hydrogen) atoms. The quantitative estimate of drug-likeness (QED) is 0.704. The zero-order chi connectivity index (χ0) is 11.1. The number of rotatable bonds is 6. The Balaban J connectivity index is 2.26. The summed E-state index contributed by atoms with van der Waals surface area (Å²) in [6.07, 6.45) is 3.18. The standard InChI is InChI=1S/C12H25NO2/c1-3-11(2)8-13-9-12(10-14)4-6-15-7-5-12/h11,13-14H,3-10H2,1-2H3. The van der Waals surface area contributed by atoms with Crippen LogP contribution in [0.25, 0.3) is 0 Å². The maximum absolute atomic E-state index is 9.47. The number of aliphatic hydroxyl groups excluding tert-OH is 1. The van der Waals surface area contributed by atoms with Crippen molar-refractivity contribution in [3.05, 3.63) is 0 Å². The summed E-state index contributed by atoms with van der Waals surface area (Å²) in [6, 6.07) is 0. The average molecular weight is 215 g/mol. The Morgan fingerprint density at radius 3 is 2.60 bits per heavy atom. The zero-order valence-electron chi connectivity index (χ0n) is 10.1. The molecule has 0 aromatic heterocycles. The molecule has 1 unspecified atom stereocenters. The molecule has 1 atom stereocenters. The molecule has 2 N–H and O–H groups in total. The first-order chi connectivity index (χ1) is 7.22. The number of nitrogens with one attached hydrogen (secondary N) is 1. The van der Waals surface area contributed by atoms with Crippen molar-refractivity contribution in [2.24, 2.45) is 11.3 Å². The fourth-order valence-electron chi connectivity index (χ4n) is 1.92. The second kappa shape index (κ2) is 6.46. The lowest BCUT2D eigenvalue weighted by Crippen LogP contribution is -2.42. The third kappa shape index (κ3) is 4.09. The summed E-state index contributed by atoms with van der Waals surface area (Å²) in [4.78, 5) is 0. The predicted molar refractivity (Wildman–Crippen MR) is 61.9 cm³/mol. The molecule has 1 aliphatic rings. The molecule has 1 heterocycles. The van der Waals surface area contributed by atoms with E-state index < -0.39 is 0 Å². The number of ether oxygens (including phenoxy) is 1. The number of hydrogen-bond donors (Lipinski definition) is 2. The summed E-state index contributed by atoms with van der Waals surface area (Å²) in [5.41, 5.74) is 0.0751. The van der Waals surface area contributed by atoms with E-state index in [4.69, 9.17) is 4.74 Å². The molecule has 1 rings (SSSR count). The van der Waals surface area contributed by atoms with Crippen LogP contribution in [0.15, 0.2) is 0 Å². The van der Waals surface area contributed by atoms with Crippen molar-refractivity contribution < 1.29 is 9.84 Å². The van der Waals surface area contributed by atoms with Crippen LogP contribution in [0.1, 0.15) is 33.1 Å². The smallest absolute Gasteiger partial charge is 0.0501 e. The van der Waals surface area contributed by atoms with Crippen molar-refractivity contribution in [2.75, 3.05) is 32.9 Å². The minimum Gasteiger partial charge on any atom is -0.396 e. The van der Waals surface area contributed by atoms with E-state index in [0.29, 0.717) is 0 Å². The van der Waals surface area contributed by atoms with E-state index >= 15 is 0 Å². The highest BCUT2D eigenvalue weighted by Crippen LogP contribution is 2.28. The van der Waals surface area contributed by atoms with Gasteiger partial charge in [0.05, 0.1) is 6.61 Å². The molecular formula is C12H25NO2. The highest BCUT2D eigenvalue weighted by atomic mass is 16.5. The van der Waals surface area contributed by atoms with E-state index in [-0.39, 0.29) is 12.0 Å². The van der Waals surface area contributed by atoms with Gasteiger partial charge < -0.3 is 15.2 Å². The lowest BCUT2D eigenvalue weighted by atomic mass is 9.81. The summed E-state index contributed by atoms with van der Waals surface area (Å²) in [6.45, 7) is 8.32. The minimum atomic E-state index is 0.0751. The van der Waals surface area contributed by atoms with Crippen LogP contribution in [0, 0.1) is 11.3 Å². The van der Waals surface area contributed by atoms with Crippen molar-refractivity contribution in [3.63, 3.8) is 0 Å². The maximum atomic E-state index is 9.47.